The molecule has 0 aliphatic heterocycles. The lowest BCUT2D eigenvalue weighted by molar-refractivity contribution is 0.0380. The first kappa shape index (κ1) is 17.7. The zero-order chi connectivity index (χ0) is 17.5. The lowest BCUT2D eigenvalue weighted by Gasteiger charge is -2.18. The summed E-state index contributed by atoms with van der Waals surface area (Å²) in [4.78, 5) is 6.92. The molecule has 2 N–H and O–H groups in total. The number of thiophene rings is 1. The SMILES string of the molecule is Cc1ccc(CCC(Cn2ccnc2)OCCc2ccc(N)cc2)s1. The van der Waals surface area contributed by atoms with Crippen LogP contribution in [-0.4, -0.2) is 22.3 Å². The molecule has 3 rings (SSSR count). The molecule has 1 aromatic carbocycles. The van der Waals surface area contributed by atoms with Gasteiger partial charge in [0.25, 0.3) is 0 Å². The second-order valence-corrected chi connectivity index (χ2v) is 7.67. The maximum atomic E-state index is 6.20. The van der Waals surface area contributed by atoms with E-state index < -0.39 is 0 Å². The smallest absolute Gasteiger partial charge is 0.0946 e. The summed E-state index contributed by atoms with van der Waals surface area (Å²) in [6.07, 6.45) is 8.81. The number of aryl methyl sites for hydroxylation is 2. The molecule has 0 aliphatic rings. The van der Waals surface area contributed by atoms with Crippen LogP contribution in [0.2, 0.25) is 0 Å². The Morgan fingerprint density at radius 3 is 2.68 bits per heavy atom. The van der Waals surface area contributed by atoms with Gasteiger partial charge in [0.1, 0.15) is 0 Å². The molecule has 1 unspecified atom stereocenters. The molecular formula is C20H25N3OS. The Morgan fingerprint density at radius 2 is 2.00 bits per heavy atom. The van der Waals surface area contributed by atoms with E-state index in [4.69, 9.17) is 10.5 Å². The highest BCUT2D eigenvalue weighted by Crippen LogP contribution is 2.19. The van der Waals surface area contributed by atoms with Crippen molar-refractivity contribution in [3.05, 3.63) is 70.4 Å². The molecule has 0 fully saturated rings. The van der Waals surface area contributed by atoms with Crippen molar-refractivity contribution in [3.63, 3.8) is 0 Å². The highest BCUT2D eigenvalue weighted by molar-refractivity contribution is 7.11. The zero-order valence-corrected chi connectivity index (χ0v) is 15.4. The molecular weight excluding hydrogens is 330 g/mol. The lowest BCUT2D eigenvalue weighted by Crippen LogP contribution is -2.21. The largest absolute Gasteiger partial charge is 0.399 e. The first-order chi connectivity index (χ1) is 12.2. The predicted molar refractivity (Wildman–Crippen MR) is 104 cm³/mol. The van der Waals surface area contributed by atoms with E-state index in [0.29, 0.717) is 6.61 Å². The van der Waals surface area contributed by atoms with Gasteiger partial charge in [-0.15, -0.1) is 11.3 Å². The standard InChI is InChI=1S/C20H25N3OS/c1-16-2-8-20(25-16)9-7-19(14-23-12-11-22-15-23)24-13-10-17-3-5-18(21)6-4-17/h2-6,8,11-12,15,19H,7,9-10,13-14,21H2,1H3. The Kier molecular flexibility index (Phi) is 6.25. The van der Waals surface area contributed by atoms with Gasteiger partial charge in [0.05, 0.1) is 19.0 Å². The van der Waals surface area contributed by atoms with Crippen LogP contribution in [0.1, 0.15) is 21.7 Å². The molecule has 1 atom stereocenters. The third-order valence-electron chi connectivity index (χ3n) is 4.21. The Balaban J connectivity index is 1.52. The van der Waals surface area contributed by atoms with E-state index in [9.17, 15) is 0 Å². The number of anilines is 1. The first-order valence-corrected chi connectivity index (χ1v) is 9.48. The molecule has 2 heterocycles. The van der Waals surface area contributed by atoms with Gasteiger partial charge >= 0.3 is 0 Å². The molecule has 0 bridgehead atoms. The molecule has 0 radical (unpaired) electrons. The number of hydrogen-bond donors (Lipinski definition) is 1. The van der Waals surface area contributed by atoms with Gasteiger partial charge < -0.3 is 15.0 Å². The van der Waals surface area contributed by atoms with Crippen molar-refractivity contribution in [2.45, 2.75) is 38.8 Å². The van der Waals surface area contributed by atoms with Crippen LogP contribution in [0.15, 0.2) is 55.1 Å². The minimum absolute atomic E-state index is 0.186. The van der Waals surface area contributed by atoms with Crippen LogP contribution in [0.3, 0.4) is 0 Å². The van der Waals surface area contributed by atoms with Crippen LogP contribution in [0.25, 0.3) is 0 Å². The second kappa shape index (κ2) is 8.83. The van der Waals surface area contributed by atoms with E-state index in [2.05, 4.69) is 40.7 Å². The molecule has 0 aliphatic carbocycles. The van der Waals surface area contributed by atoms with Gasteiger partial charge in [-0.05, 0) is 56.0 Å². The predicted octanol–water partition coefficient (Wildman–Crippen LogP) is 4.10. The van der Waals surface area contributed by atoms with E-state index in [1.54, 1.807) is 0 Å². The molecule has 0 saturated carbocycles. The van der Waals surface area contributed by atoms with Gasteiger partial charge in [-0.1, -0.05) is 12.1 Å². The molecule has 25 heavy (non-hydrogen) atoms. The number of hydrogen-bond acceptors (Lipinski definition) is 4. The van der Waals surface area contributed by atoms with Crippen molar-refractivity contribution < 1.29 is 4.74 Å². The Labute approximate surface area is 153 Å². The lowest BCUT2D eigenvalue weighted by atomic mass is 10.1. The third-order valence-corrected chi connectivity index (χ3v) is 5.27. The van der Waals surface area contributed by atoms with Crippen molar-refractivity contribution in [2.24, 2.45) is 0 Å². The molecule has 132 valence electrons. The summed E-state index contributed by atoms with van der Waals surface area (Å²) >= 11 is 1.87. The normalized spacial score (nSPS) is 12.4. The number of rotatable bonds is 9. The Morgan fingerprint density at radius 1 is 1.16 bits per heavy atom. The topological polar surface area (TPSA) is 53.1 Å². The number of benzene rings is 1. The molecule has 5 heteroatoms. The number of nitrogen functional groups attached to an aromatic ring is 1. The number of aromatic nitrogens is 2. The summed E-state index contributed by atoms with van der Waals surface area (Å²) in [5.74, 6) is 0. The van der Waals surface area contributed by atoms with Crippen molar-refractivity contribution in [2.75, 3.05) is 12.3 Å². The fourth-order valence-corrected chi connectivity index (χ4v) is 3.71. The van der Waals surface area contributed by atoms with Crippen molar-refractivity contribution in [3.8, 4) is 0 Å². The van der Waals surface area contributed by atoms with Gasteiger partial charge in [0.2, 0.25) is 0 Å². The Hall–Kier alpha value is -2.11. The average molecular weight is 356 g/mol. The quantitative estimate of drug-likeness (QED) is 0.588. The number of ether oxygens (including phenoxy) is 1. The van der Waals surface area contributed by atoms with Gasteiger partial charge in [0, 0.05) is 34.4 Å². The van der Waals surface area contributed by atoms with E-state index in [1.165, 1.54) is 15.3 Å². The van der Waals surface area contributed by atoms with Crippen LogP contribution < -0.4 is 5.73 Å². The number of imidazole rings is 1. The van der Waals surface area contributed by atoms with Crippen LogP contribution in [0.5, 0.6) is 0 Å². The first-order valence-electron chi connectivity index (χ1n) is 8.66. The summed E-state index contributed by atoms with van der Waals surface area (Å²) in [6, 6.07) is 12.4. The summed E-state index contributed by atoms with van der Waals surface area (Å²) in [5, 5.41) is 0. The molecule has 4 nitrogen and oxygen atoms in total. The maximum absolute atomic E-state index is 6.20. The minimum Gasteiger partial charge on any atom is -0.399 e. The fraction of sp³-hybridized carbons (Fsp3) is 0.350. The maximum Gasteiger partial charge on any atom is 0.0946 e. The minimum atomic E-state index is 0.186. The number of nitrogens with two attached hydrogens (primary N) is 1. The molecule has 2 aromatic heterocycles. The van der Waals surface area contributed by atoms with Gasteiger partial charge in [-0.3, -0.25) is 0 Å². The van der Waals surface area contributed by atoms with Gasteiger partial charge in [0.15, 0.2) is 0 Å². The number of nitrogens with zero attached hydrogens (tertiary/aromatic N) is 2. The van der Waals surface area contributed by atoms with Crippen molar-refractivity contribution in [1.82, 2.24) is 9.55 Å². The van der Waals surface area contributed by atoms with Crippen molar-refractivity contribution >= 4 is 17.0 Å². The van der Waals surface area contributed by atoms with Crippen LogP contribution in [0, 0.1) is 6.92 Å². The van der Waals surface area contributed by atoms with E-state index >= 15 is 0 Å². The zero-order valence-electron chi connectivity index (χ0n) is 14.6. The second-order valence-electron chi connectivity index (χ2n) is 6.29. The molecule has 3 aromatic rings. The summed E-state index contributed by atoms with van der Waals surface area (Å²) < 4.78 is 8.29. The molecule has 0 amide bonds. The van der Waals surface area contributed by atoms with Crippen LogP contribution >= 0.6 is 11.3 Å². The van der Waals surface area contributed by atoms with E-state index in [-0.39, 0.29) is 6.10 Å². The third kappa shape index (κ3) is 5.73. The molecule has 0 spiro atoms. The van der Waals surface area contributed by atoms with E-state index in [1.807, 2.05) is 42.2 Å². The van der Waals surface area contributed by atoms with Gasteiger partial charge in [-0.25, -0.2) is 4.98 Å². The fourth-order valence-electron chi connectivity index (χ4n) is 2.81. The highest BCUT2D eigenvalue weighted by atomic mass is 32.1. The monoisotopic (exact) mass is 355 g/mol. The van der Waals surface area contributed by atoms with Crippen molar-refractivity contribution in [1.29, 1.82) is 0 Å². The van der Waals surface area contributed by atoms with E-state index in [0.717, 1.165) is 31.5 Å². The summed E-state index contributed by atoms with van der Waals surface area (Å²) in [6.45, 7) is 3.71. The Bertz CT molecular complexity index is 750. The summed E-state index contributed by atoms with van der Waals surface area (Å²) in [7, 11) is 0. The van der Waals surface area contributed by atoms with Crippen LogP contribution in [-0.2, 0) is 24.1 Å². The van der Waals surface area contributed by atoms with Crippen LogP contribution in [0.4, 0.5) is 5.69 Å². The molecule has 0 saturated heterocycles. The van der Waals surface area contributed by atoms with Gasteiger partial charge in [-0.2, -0.15) is 0 Å². The highest BCUT2D eigenvalue weighted by Gasteiger charge is 2.11. The average Bonchev–Trinajstić information content (AvgIpc) is 3.26. The summed E-state index contributed by atoms with van der Waals surface area (Å²) in [5.41, 5.74) is 7.79.